The number of benzene rings is 2. The highest BCUT2D eigenvalue weighted by molar-refractivity contribution is 6.05. The van der Waals surface area contributed by atoms with Gasteiger partial charge in [-0.25, -0.2) is 0 Å². The number of para-hydroxylation sites is 1. The molecule has 0 heterocycles. The highest BCUT2D eigenvalue weighted by Crippen LogP contribution is 2.10. The number of ketones is 1. The third kappa shape index (κ3) is 3.81. The third-order valence-electron chi connectivity index (χ3n) is 2.80. The van der Waals surface area contributed by atoms with Gasteiger partial charge in [-0.1, -0.05) is 48.0 Å². The van der Waals surface area contributed by atoms with Crippen molar-refractivity contribution in [3.63, 3.8) is 0 Å². The van der Waals surface area contributed by atoms with Crippen LogP contribution in [0.3, 0.4) is 0 Å². The summed E-state index contributed by atoms with van der Waals surface area (Å²) in [5.41, 5.74) is 3.67. The van der Waals surface area contributed by atoms with Crippen molar-refractivity contribution < 1.29 is 4.79 Å². The molecule has 0 aliphatic rings. The molecular formula is C17H17NO. The van der Waals surface area contributed by atoms with Crippen LogP contribution < -0.4 is 5.32 Å². The van der Waals surface area contributed by atoms with Crippen LogP contribution in [-0.2, 0) is 0 Å². The summed E-state index contributed by atoms with van der Waals surface area (Å²) in [7, 11) is 0. The van der Waals surface area contributed by atoms with Crippen molar-refractivity contribution in [2.45, 2.75) is 13.8 Å². The maximum Gasteiger partial charge on any atom is 0.187 e. The molecule has 0 aliphatic carbocycles. The summed E-state index contributed by atoms with van der Waals surface area (Å²) >= 11 is 0. The molecule has 0 atom stereocenters. The average Bonchev–Trinajstić information content (AvgIpc) is 2.40. The van der Waals surface area contributed by atoms with E-state index in [1.165, 1.54) is 0 Å². The van der Waals surface area contributed by atoms with Gasteiger partial charge in [0.05, 0.1) is 0 Å². The molecule has 0 aliphatic heterocycles. The number of carbonyl (C=O) groups excluding carboxylic acids is 1. The first-order chi connectivity index (χ1) is 9.15. The van der Waals surface area contributed by atoms with Crippen LogP contribution in [-0.4, -0.2) is 5.78 Å². The lowest BCUT2D eigenvalue weighted by Gasteiger charge is -2.06. The van der Waals surface area contributed by atoms with Crippen LogP contribution in [0.4, 0.5) is 5.69 Å². The first kappa shape index (κ1) is 13.1. The zero-order valence-electron chi connectivity index (χ0n) is 11.2. The molecule has 0 saturated heterocycles. The summed E-state index contributed by atoms with van der Waals surface area (Å²) in [4.78, 5) is 12.0. The van der Waals surface area contributed by atoms with Crippen LogP contribution in [0.5, 0.6) is 0 Å². The molecule has 2 nitrogen and oxygen atoms in total. The van der Waals surface area contributed by atoms with Crippen molar-refractivity contribution >= 4 is 11.5 Å². The van der Waals surface area contributed by atoms with Gasteiger partial charge in [-0.3, -0.25) is 4.79 Å². The zero-order chi connectivity index (χ0) is 13.7. The largest absolute Gasteiger partial charge is 0.359 e. The van der Waals surface area contributed by atoms with Gasteiger partial charge in [0.2, 0.25) is 0 Å². The Hall–Kier alpha value is -2.35. The molecule has 19 heavy (non-hydrogen) atoms. The summed E-state index contributed by atoms with van der Waals surface area (Å²) in [6.07, 6.45) is 1.62. The van der Waals surface area contributed by atoms with Crippen molar-refractivity contribution in [2.24, 2.45) is 0 Å². The molecule has 2 aromatic carbocycles. The van der Waals surface area contributed by atoms with E-state index in [1.54, 1.807) is 6.08 Å². The molecule has 0 aromatic heterocycles. The van der Waals surface area contributed by atoms with Crippen molar-refractivity contribution in [1.82, 2.24) is 0 Å². The second-order valence-corrected chi connectivity index (χ2v) is 4.55. The van der Waals surface area contributed by atoms with E-state index < -0.39 is 0 Å². The monoisotopic (exact) mass is 251 g/mol. The maximum absolute atomic E-state index is 12.0. The van der Waals surface area contributed by atoms with Gasteiger partial charge in [0.1, 0.15) is 0 Å². The molecule has 1 N–H and O–H groups in total. The summed E-state index contributed by atoms with van der Waals surface area (Å²) in [5, 5.41) is 3.19. The number of hydrogen-bond acceptors (Lipinski definition) is 2. The molecular weight excluding hydrogens is 234 g/mol. The number of anilines is 1. The van der Waals surface area contributed by atoms with Crippen LogP contribution in [0.2, 0.25) is 0 Å². The Morgan fingerprint density at radius 1 is 1.00 bits per heavy atom. The minimum atomic E-state index is 0.0148. The first-order valence-corrected chi connectivity index (χ1v) is 6.26. The van der Waals surface area contributed by atoms with E-state index in [0.29, 0.717) is 5.56 Å². The lowest BCUT2D eigenvalue weighted by atomic mass is 10.1. The van der Waals surface area contributed by atoms with E-state index in [4.69, 9.17) is 0 Å². The standard InChI is InChI=1S/C17H17NO/c1-13-8-10-15(11-9-13)17(19)12-14(2)18-16-6-4-3-5-7-16/h3-12,18H,1-2H3. The zero-order valence-corrected chi connectivity index (χ0v) is 11.2. The lowest BCUT2D eigenvalue weighted by molar-refractivity contribution is 0.104. The predicted octanol–water partition coefficient (Wildman–Crippen LogP) is 4.19. The molecule has 0 amide bonds. The number of carbonyl (C=O) groups is 1. The van der Waals surface area contributed by atoms with E-state index >= 15 is 0 Å². The molecule has 2 rings (SSSR count). The number of hydrogen-bond donors (Lipinski definition) is 1. The van der Waals surface area contributed by atoms with E-state index in [2.05, 4.69) is 5.32 Å². The second-order valence-electron chi connectivity index (χ2n) is 4.55. The number of rotatable bonds is 4. The molecule has 96 valence electrons. The summed E-state index contributed by atoms with van der Waals surface area (Å²) in [5.74, 6) is 0.0148. The fourth-order valence-corrected chi connectivity index (χ4v) is 1.78. The maximum atomic E-state index is 12.0. The molecule has 2 aromatic rings. The molecule has 0 spiro atoms. The van der Waals surface area contributed by atoms with Crippen LogP contribution in [0, 0.1) is 6.92 Å². The van der Waals surface area contributed by atoms with Gasteiger partial charge in [-0.05, 0) is 26.0 Å². The molecule has 0 saturated carbocycles. The van der Waals surface area contributed by atoms with Crippen molar-refractivity contribution in [1.29, 1.82) is 0 Å². The Bertz CT molecular complexity index is 582. The number of aryl methyl sites for hydroxylation is 1. The second kappa shape index (κ2) is 6.01. The predicted molar refractivity (Wildman–Crippen MR) is 79.3 cm³/mol. The highest BCUT2D eigenvalue weighted by Gasteiger charge is 2.02. The number of allylic oxidation sites excluding steroid dienone is 2. The Balaban J connectivity index is 2.08. The Labute approximate surface area is 113 Å². The van der Waals surface area contributed by atoms with E-state index in [9.17, 15) is 4.79 Å². The molecule has 0 bridgehead atoms. The molecule has 2 heteroatoms. The Kier molecular flexibility index (Phi) is 4.14. The van der Waals surface area contributed by atoms with Crippen LogP contribution in [0.1, 0.15) is 22.8 Å². The fraction of sp³-hybridized carbons (Fsp3) is 0.118. The van der Waals surface area contributed by atoms with E-state index in [0.717, 1.165) is 16.9 Å². The minimum absolute atomic E-state index is 0.0148. The molecule has 0 radical (unpaired) electrons. The van der Waals surface area contributed by atoms with Gasteiger partial charge < -0.3 is 5.32 Å². The normalized spacial score (nSPS) is 11.2. The highest BCUT2D eigenvalue weighted by atomic mass is 16.1. The third-order valence-corrected chi connectivity index (χ3v) is 2.80. The molecule has 0 fully saturated rings. The first-order valence-electron chi connectivity index (χ1n) is 6.26. The van der Waals surface area contributed by atoms with Crippen LogP contribution in [0.15, 0.2) is 66.4 Å². The van der Waals surface area contributed by atoms with Gasteiger partial charge in [0, 0.05) is 23.0 Å². The summed E-state index contributed by atoms with van der Waals surface area (Å²) in [6, 6.07) is 17.4. The van der Waals surface area contributed by atoms with Crippen LogP contribution >= 0.6 is 0 Å². The van der Waals surface area contributed by atoms with E-state index in [-0.39, 0.29) is 5.78 Å². The van der Waals surface area contributed by atoms with Gasteiger partial charge >= 0.3 is 0 Å². The van der Waals surface area contributed by atoms with Gasteiger partial charge in [-0.15, -0.1) is 0 Å². The Morgan fingerprint density at radius 3 is 2.26 bits per heavy atom. The van der Waals surface area contributed by atoms with Crippen LogP contribution in [0.25, 0.3) is 0 Å². The van der Waals surface area contributed by atoms with Gasteiger partial charge in [-0.2, -0.15) is 0 Å². The minimum Gasteiger partial charge on any atom is -0.359 e. The lowest BCUT2D eigenvalue weighted by Crippen LogP contribution is -2.01. The van der Waals surface area contributed by atoms with Gasteiger partial charge in [0.15, 0.2) is 5.78 Å². The molecule has 0 unspecified atom stereocenters. The Morgan fingerprint density at radius 2 is 1.63 bits per heavy atom. The topological polar surface area (TPSA) is 29.1 Å². The fourth-order valence-electron chi connectivity index (χ4n) is 1.78. The summed E-state index contributed by atoms with van der Waals surface area (Å²) in [6.45, 7) is 3.89. The number of nitrogens with one attached hydrogen (secondary N) is 1. The van der Waals surface area contributed by atoms with E-state index in [1.807, 2.05) is 68.4 Å². The van der Waals surface area contributed by atoms with Crippen molar-refractivity contribution in [3.8, 4) is 0 Å². The SMILES string of the molecule is CC(=CC(=O)c1ccc(C)cc1)Nc1ccccc1. The van der Waals surface area contributed by atoms with Crippen molar-refractivity contribution in [3.05, 3.63) is 77.5 Å². The van der Waals surface area contributed by atoms with Gasteiger partial charge in [0.25, 0.3) is 0 Å². The smallest absolute Gasteiger partial charge is 0.187 e. The quantitative estimate of drug-likeness (QED) is 0.652. The average molecular weight is 251 g/mol. The van der Waals surface area contributed by atoms with Crippen molar-refractivity contribution in [2.75, 3.05) is 5.32 Å². The summed E-state index contributed by atoms with van der Waals surface area (Å²) < 4.78 is 0.